The Morgan fingerprint density at radius 2 is 1.81 bits per heavy atom. The summed E-state index contributed by atoms with van der Waals surface area (Å²) in [6.45, 7) is 4.20. The molecule has 3 N–H and O–H groups in total. The Kier molecular flexibility index (Phi) is 5.56. The lowest BCUT2D eigenvalue weighted by molar-refractivity contribution is 0.411. The summed E-state index contributed by atoms with van der Waals surface area (Å²) in [5.41, 5.74) is 7.81. The minimum atomic E-state index is -0.358. The van der Waals surface area contributed by atoms with Gasteiger partial charge in [-0.2, -0.15) is 5.10 Å². The first-order valence-electron chi connectivity index (χ1n) is 12.0. The van der Waals surface area contributed by atoms with E-state index in [0.717, 1.165) is 50.1 Å². The van der Waals surface area contributed by atoms with Gasteiger partial charge in [0.1, 0.15) is 22.9 Å². The summed E-state index contributed by atoms with van der Waals surface area (Å²) in [6.07, 6.45) is 5.40. The highest BCUT2D eigenvalue weighted by atomic mass is 19.1. The van der Waals surface area contributed by atoms with Crippen LogP contribution >= 0.6 is 0 Å². The van der Waals surface area contributed by atoms with Gasteiger partial charge >= 0.3 is 0 Å². The van der Waals surface area contributed by atoms with Crippen LogP contribution in [0.3, 0.4) is 0 Å². The third kappa shape index (κ3) is 4.27. The molecule has 0 spiro atoms. The number of aromatic nitrogens is 5. The van der Waals surface area contributed by atoms with Crippen molar-refractivity contribution in [3.05, 3.63) is 79.0 Å². The van der Waals surface area contributed by atoms with Gasteiger partial charge in [-0.15, -0.1) is 0 Å². The highest BCUT2D eigenvalue weighted by Crippen LogP contribution is 2.36. The minimum absolute atomic E-state index is 0.314. The summed E-state index contributed by atoms with van der Waals surface area (Å²) in [5, 5.41) is 13.0. The van der Waals surface area contributed by atoms with Crippen LogP contribution in [0.4, 0.5) is 10.1 Å². The molecule has 0 bridgehead atoms. The van der Waals surface area contributed by atoms with Crippen LogP contribution in [0.2, 0.25) is 0 Å². The first-order chi connectivity index (χ1) is 18.0. The lowest BCUT2D eigenvalue weighted by atomic mass is 10.0. The van der Waals surface area contributed by atoms with Crippen LogP contribution in [-0.4, -0.2) is 38.3 Å². The predicted octanol–water partition coefficient (Wildman–Crippen LogP) is 6.80. The maximum atomic E-state index is 14.2. The van der Waals surface area contributed by atoms with Crippen molar-refractivity contribution in [2.45, 2.75) is 19.9 Å². The summed E-state index contributed by atoms with van der Waals surface area (Å²) < 4.78 is 19.5. The molecule has 6 rings (SSSR count). The second-order valence-electron chi connectivity index (χ2n) is 9.28. The average molecular weight is 493 g/mol. The number of ether oxygens (including phenoxy) is 1. The summed E-state index contributed by atoms with van der Waals surface area (Å²) in [7, 11) is 1.53. The molecule has 0 amide bonds. The molecule has 4 aromatic heterocycles. The van der Waals surface area contributed by atoms with E-state index in [1.165, 1.54) is 19.2 Å². The fourth-order valence-corrected chi connectivity index (χ4v) is 4.65. The van der Waals surface area contributed by atoms with Crippen LogP contribution < -0.4 is 10.1 Å². The molecule has 0 radical (unpaired) electrons. The van der Waals surface area contributed by atoms with E-state index >= 15 is 0 Å². The van der Waals surface area contributed by atoms with Gasteiger partial charge in [-0.05, 0) is 73.0 Å². The normalized spacial score (nSPS) is 11.5. The van der Waals surface area contributed by atoms with Crippen LogP contribution in [0.15, 0.2) is 73.2 Å². The topological polar surface area (TPSA) is 91.5 Å². The lowest BCUT2D eigenvalue weighted by Gasteiger charge is -2.11. The number of rotatable bonds is 6. The van der Waals surface area contributed by atoms with E-state index in [-0.39, 0.29) is 5.82 Å². The molecule has 0 atom stereocenters. The number of halogens is 1. The largest absolute Gasteiger partial charge is 0.497 e. The van der Waals surface area contributed by atoms with Gasteiger partial charge in [0, 0.05) is 47.0 Å². The van der Waals surface area contributed by atoms with E-state index in [4.69, 9.17) is 4.74 Å². The fourth-order valence-electron chi connectivity index (χ4n) is 4.65. The van der Waals surface area contributed by atoms with Gasteiger partial charge in [-0.3, -0.25) is 10.1 Å². The number of nitrogens with zero attached hydrogens (tertiary/aromatic N) is 3. The van der Waals surface area contributed by atoms with Gasteiger partial charge in [-0.25, -0.2) is 9.37 Å². The second-order valence-corrected chi connectivity index (χ2v) is 9.28. The van der Waals surface area contributed by atoms with Crippen molar-refractivity contribution < 1.29 is 9.13 Å². The van der Waals surface area contributed by atoms with Crippen LogP contribution in [0, 0.1) is 5.82 Å². The fraction of sp³-hybridized carbons (Fsp3) is 0.138. The molecular weight excluding hydrogens is 467 g/mol. The number of hydrogen-bond donors (Lipinski definition) is 3. The molecule has 0 saturated heterocycles. The minimum Gasteiger partial charge on any atom is -0.497 e. The molecule has 184 valence electrons. The zero-order chi connectivity index (χ0) is 25.5. The second kappa shape index (κ2) is 9.05. The maximum Gasteiger partial charge on any atom is 0.138 e. The Morgan fingerprint density at radius 3 is 2.65 bits per heavy atom. The Labute approximate surface area is 212 Å². The summed E-state index contributed by atoms with van der Waals surface area (Å²) >= 11 is 0. The van der Waals surface area contributed by atoms with Crippen molar-refractivity contribution in [3.63, 3.8) is 0 Å². The van der Waals surface area contributed by atoms with E-state index in [1.807, 2.05) is 36.7 Å². The number of benzene rings is 2. The van der Waals surface area contributed by atoms with Crippen molar-refractivity contribution in [2.75, 3.05) is 12.4 Å². The van der Waals surface area contributed by atoms with Gasteiger partial charge in [0.2, 0.25) is 0 Å². The van der Waals surface area contributed by atoms with Gasteiger partial charge in [0.25, 0.3) is 0 Å². The van der Waals surface area contributed by atoms with Gasteiger partial charge in [-0.1, -0.05) is 6.07 Å². The summed E-state index contributed by atoms with van der Waals surface area (Å²) in [6, 6.07) is 17.2. The molecule has 0 aliphatic rings. The van der Waals surface area contributed by atoms with Gasteiger partial charge in [0.15, 0.2) is 0 Å². The first kappa shape index (κ1) is 22.7. The SMILES string of the molecule is COc1cc(F)cc(-c2ccnc3[nH]c(-c4n[nH]c5ccc(-c6cncc(NC(C)C)c6)cc45)cc23)c1. The molecule has 0 saturated carbocycles. The van der Waals surface area contributed by atoms with Crippen molar-refractivity contribution in [2.24, 2.45) is 0 Å². The molecule has 8 heteroatoms. The molecule has 37 heavy (non-hydrogen) atoms. The van der Waals surface area contributed by atoms with Gasteiger partial charge in [0.05, 0.1) is 24.0 Å². The van der Waals surface area contributed by atoms with E-state index in [0.29, 0.717) is 23.0 Å². The third-order valence-electron chi connectivity index (χ3n) is 6.29. The number of aromatic amines is 2. The Morgan fingerprint density at radius 1 is 0.919 bits per heavy atom. The smallest absolute Gasteiger partial charge is 0.138 e. The lowest BCUT2D eigenvalue weighted by Crippen LogP contribution is -2.09. The van der Waals surface area contributed by atoms with Crippen molar-refractivity contribution in [1.82, 2.24) is 25.1 Å². The van der Waals surface area contributed by atoms with Crippen molar-refractivity contribution in [3.8, 4) is 39.4 Å². The monoisotopic (exact) mass is 492 g/mol. The molecule has 0 aliphatic heterocycles. The zero-order valence-corrected chi connectivity index (χ0v) is 20.6. The van der Waals surface area contributed by atoms with Crippen LogP contribution in [0.5, 0.6) is 5.75 Å². The van der Waals surface area contributed by atoms with E-state index in [9.17, 15) is 4.39 Å². The molecule has 0 fully saturated rings. The molecular formula is C29H25FN6O. The van der Waals surface area contributed by atoms with Crippen molar-refractivity contribution in [1.29, 1.82) is 0 Å². The average Bonchev–Trinajstić information content (AvgIpc) is 3.51. The van der Waals surface area contributed by atoms with E-state index in [1.54, 1.807) is 6.20 Å². The standard InChI is InChI=1S/C29H25FN6O/c1-16(2)33-21-9-19(14-31-15-21)17-4-5-26-25(11-17)28(36-35-26)27-13-24-23(6-7-32-29(24)34-27)18-8-20(30)12-22(10-18)37-3/h4-16,33H,1-3H3,(H,32,34)(H,35,36). The van der Waals surface area contributed by atoms with Crippen LogP contribution in [0.1, 0.15) is 13.8 Å². The highest BCUT2D eigenvalue weighted by molar-refractivity contribution is 6.00. The van der Waals surface area contributed by atoms with E-state index < -0.39 is 0 Å². The quantitative estimate of drug-likeness (QED) is 0.238. The maximum absolute atomic E-state index is 14.2. The first-order valence-corrected chi connectivity index (χ1v) is 12.0. The number of pyridine rings is 2. The predicted molar refractivity (Wildman–Crippen MR) is 145 cm³/mol. The summed E-state index contributed by atoms with van der Waals surface area (Å²) in [5.74, 6) is 0.103. The van der Waals surface area contributed by atoms with E-state index in [2.05, 4.69) is 62.5 Å². The van der Waals surface area contributed by atoms with Gasteiger partial charge < -0.3 is 15.0 Å². The number of anilines is 1. The molecule has 2 aromatic carbocycles. The Balaban J connectivity index is 1.45. The van der Waals surface area contributed by atoms with Crippen LogP contribution in [0.25, 0.3) is 55.6 Å². The number of hydrogen-bond acceptors (Lipinski definition) is 5. The zero-order valence-electron chi connectivity index (χ0n) is 20.6. The molecule has 0 unspecified atom stereocenters. The van der Waals surface area contributed by atoms with Crippen LogP contribution in [-0.2, 0) is 0 Å². The molecule has 4 heterocycles. The number of H-pyrrole nitrogens is 2. The molecule has 6 aromatic rings. The highest BCUT2D eigenvalue weighted by Gasteiger charge is 2.16. The van der Waals surface area contributed by atoms with Crippen molar-refractivity contribution >= 4 is 27.6 Å². The molecule has 7 nitrogen and oxygen atoms in total. The number of nitrogens with one attached hydrogen (secondary N) is 3. The Bertz CT molecular complexity index is 1750. The summed E-state index contributed by atoms with van der Waals surface area (Å²) in [4.78, 5) is 12.3. The third-order valence-corrected chi connectivity index (χ3v) is 6.29. The number of methoxy groups -OCH3 is 1. The Hall–Kier alpha value is -4.72. The molecule has 0 aliphatic carbocycles. The number of fused-ring (bicyclic) bond motifs is 2.